The van der Waals surface area contributed by atoms with E-state index < -0.39 is 0 Å². The zero-order chi connectivity index (χ0) is 13.1. The summed E-state index contributed by atoms with van der Waals surface area (Å²) in [5, 5.41) is 9.79. The molecule has 5 heteroatoms. The van der Waals surface area contributed by atoms with Gasteiger partial charge in [0.2, 0.25) is 0 Å². The van der Waals surface area contributed by atoms with E-state index in [4.69, 9.17) is 0 Å². The van der Waals surface area contributed by atoms with Gasteiger partial charge in [-0.1, -0.05) is 18.2 Å². The standard InChI is InChI=1S/C14H24N4.HI/c1-3-15-14(16-4-2)18-12-8-11-17-13-9-6-5-7-10-13;/h5-7,9-10,17H,3-4,8,11-12H2,1-2H3,(H2,15,16,18);1H. The Balaban J connectivity index is 0.00000324. The van der Waals surface area contributed by atoms with E-state index in [1.54, 1.807) is 0 Å². The fraction of sp³-hybridized carbons (Fsp3) is 0.500. The first-order valence-electron chi connectivity index (χ1n) is 6.68. The Morgan fingerprint density at radius 1 is 1.05 bits per heavy atom. The molecular weight excluding hydrogens is 351 g/mol. The highest BCUT2D eigenvalue weighted by Gasteiger charge is 1.93. The molecule has 0 saturated heterocycles. The van der Waals surface area contributed by atoms with Crippen molar-refractivity contribution in [1.82, 2.24) is 10.6 Å². The normalized spacial score (nSPS) is 9.16. The maximum atomic E-state index is 4.49. The molecule has 0 amide bonds. The molecule has 0 fully saturated rings. The van der Waals surface area contributed by atoms with Gasteiger partial charge in [0, 0.05) is 31.9 Å². The Kier molecular flexibility index (Phi) is 11.5. The highest BCUT2D eigenvalue weighted by atomic mass is 127. The molecule has 0 aliphatic heterocycles. The predicted molar refractivity (Wildman–Crippen MR) is 94.6 cm³/mol. The summed E-state index contributed by atoms with van der Waals surface area (Å²) in [6.45, 7) is 7.71. The van der Waals surface area contributed by atoms with Crippen LogP contribution in [0.1, 0.15) is 20.3 Å². The second-order valence-corrected chi connectivity index (χ2v) is 3.94. The van der Waals surface area contributed by atoms with Gasteiger partial charge in [-0.25, -0.2) is 0 Å². The van der Waals surface area contributed by atoms with Crippen LogP contribution in [0.5, 0.6) is 0 Å². The summed E-state index contributed by atoms with van der Waals surface area (Å²) in [6.07, 6.45) is 1.02. The number of guanidine groups is 1. The van der Waals surface area contributed by atoms with Crippen LogP contribution in [0.15, 0.2) is 35.3 Å². The summed E-state index contributed by atoms with van der Waals surface area (Å²) >= 11 is 0. The lowest BCUT2D eigenvalue weighted by molar-refractivity contribution is 0.813. The van der Waals surface area contributed by atoms with E-state index in [-0.39, 0.29) is 24.0 Å². The predicted octanol–water partition coefficient (Wildman–Crippen LogP) is 2.68. The Hall–Kier alpha value is -0.980. The number of rotatable bonds is 7. The maximum Gasteiger partial charge on any atom is 0.191 e. The zero-order valence-electron chi connectivity index (χ0n) is 11.8. The van der Waals surface area contributed by atoms with Gasteiger partial charge in [0.15, 0.2) is 5.96 Å². The van der Waals surface area contributed by atoms with E-state index in [1.165, 1.54) is 5.69 Å². The van der Waals surface area contributed by atoms with Crippen LogP contribution in [-0.4, -0.2) is 32.1 Å². The van der Waals surface area contributed by atoms with Gasteiger partial charge in [-0.2, -0.15) is 0 Å². The van der Waals surface area contributed by atoms with Crippen molar-refractivity contribution in [3.8, 4) is 0 Å². The molecule has 1 rings (SSSR count). The molecule has 108 valence electrons. The van der Waals surface area contributed by atoms with Gasteiger partial charge in [-0.05, 0) is 32.4 Å². The summed E-state index contributed by atoms with van der Waals surface area (Å²) in [5.41, 5.74) is 1.17. The zero-order valence-corrected chi connectivity index (χ0v) is 14.1. The minimum atomic E-state index is 0. The molecule has 1 aromatic carbocycles. The molecule has 0 bridgehead atoms. The lowest BCUT2D eigenvalue weighted by atomic mass is 10.3. The molecule has 0 atom stereocenters. The maximum absolute atomic E-state index is 4.49. The minimum Gasteiger partial charge on any atom is -0.385 e. The van der Waals surface area contributed by atoms with Crippen LogP contribution in [0.4, 0.5) is 5.69 Å². The Morgan fingerprint density at radius 3 is 2.26 bits per heavy atom. The van der Waals surface area contributed by atoms with Crippen molar-refractivity contribution in [3.63, 3.8) is 0 Å². The van der Waals surface area contributed by atoms with Gasteiger partial charge in [0.1, 0.15) is 0 Å². The Labute approximate surface area is 133 Å². The number of nitrogens with zero attached hydrogens (tertiary/aromatic N) is 1. The molecular formula is C14H25IN4. The van der Waals surface area contributed by atoms with Crippen LogP contribution < -0.4 is 16.0 Å². The molecule has 3 N–H and O–H groups in total. The topological polar surface area (TPSA) is 48.5 Å². The fourth-order valence-electron chi connectivity index (χ4n) is 1.57. The molecule has 0 aliphatic carbocycles. The first kappa shape index (κ1) is 18.0. The van der Waals surface area contributed by atoms with Crippen LogP contribution in [0.2, 0.25) is 0 Å². The van der Waals surface area contributed by atoms with E-state index in [1.807, 2.05) is 18.2 Å². The number of benzene rings is 1. The third kappa shape index (κ3) is 8.69. The van der Waals surface area contributed by atoms with Crippen LogP contribution in [0.3, 0.4) is 0 Å². The third-order valence-corrected chi connectivity index (χ3v) is 2.40. The number of nitrogens with one attached hydrogen (secondary N) is 3. The molecule has 1 aromatic rings. The first-order chi connectivity index (χ1) is 8.86. The second-order valence-electron chi connectivity index (χ2n) is 3.94. The average Bonchev–Trinajstić information content (AvgIpc) is 2.40. The molecule has 0 radical (unpaired) electrons. The van der Waals surface area contributed by atoms with Crippen LogP contribution in [0.25, 0.3) is 0 Å². The van der Waals surface area contributed by atoms with E-state index in [0.717, 1.165) is 38.6 Å². The molecule has 0 aromatic heterocycles. The molecule has 19 heavy (non-hydrogen) atoms. The van der Waals surface area contributed by atoms with Gasteiger partial charge >= 0.3 is 0 Å². The quantitative estimate of drug-likeness (QED) is 0.297. The molecule has 0 aliphatic rings. The van der Waals surface area contributed by atoms with Crippen molar-refractivity contribution in [3.05, 3.63) is 30.3 Å². The number of hydrogen-bond acceptors (Lipinski definition) is 2. The Bertz CT molecular complexity index is 333. The highest BCUT2D eigenvalue weighted by molar-refractivity contribution is 14.0. The van der Waals surface area contributed by atoms with Gasteiger partial charge in [-0.3, -0.25) is 4.99 Å². The third-order valence-electron chi connectivity index (χ3n) is 2.40. The van der Waals surface area contributed by atoms with Crippen molar-refractivity contribution in [2.45, 2.75) is 20.3 Å². The smallest absolute Gasteiger partial charge is 0.191 e. The van der Waals surface area contributed by atoms with Crippen molar-refractivity contribution < 1.29 is 0 Å². The summed E-state index contributed by atoms with van der Waals surface area (Å²) in [4.78, 5) is 4.49. The molecule has 4 nitrogen and oxygen atoms in total. The Morgan fingerprint density at radius 2 is 1.68 bits per heavy atom. The minimum absolute atomic E-state index is 0. The molecule has 0 unspecified atom stereocenters. The van der Waals surface area contributed by atoms with Crippen LogP contribution >= 0.6 is 24.0 Å². The second kappa shape index (κ2) is 12.1. The summed E-state index contributed by atoms with van der Waals surface area (Å²) in [5.74, 6) is 0.903. The molecule has 0 spiro atoms. The number of halogens is 1. The summed E-state index contributed by atoms with van der Waals surface area (Å²) < 4.78 is 0. The van der Waals surface area contributed by atoms with Gasteiger partial charge in [-0.15, -0.1) is 24.0 Å². The monoisotopic (exact) mass is 376 g/mol. The largest absolute Gasteiger partial charge is 0.385 e. The number of para-hydroxylation sites is 1. The summed E-state index contributed by atoms with van der Waals surface area (Å²) in [6, 6.07) is 10.2. The van der Waals surface area contributed by atoms with E-state index in [0.29, 0.717) is 0 Å². The van der Waals surface area contributed by atoms with Crippen molar-refractivity contribution in [2.75, 3.05) is 31.5 Å². The first-order valence-corrected chi connectivity index (χ1v) is 6.68. The van der Waals surface area contributed by atoms with Gasteiger partial charge in [0.05, 0.1) is 0 Å². The highest BCUT2D eigenvalue weighted by Crippen LogP contribution is 2.04. The SMILES string of the molecule is CCNC(=NCCCNc1ccccc1)NCC.I. The van der Waals surface area contributed by atoms with Crippen molar-refractivity contribution >= 4 is 35.6 Å². The molecule has 0 heterocycles. The van der Waals surface area contributed by atoms with E-state index in [9.17, 15) is 0 Å². The van der Waals surface area contributed by atoms with Gasteiger partial charge in [0.25, 0.3) is 0 Å². The van der Waals surface area contributed by atoms with Crippen molar-refractivity contribution in [1.29, 1.82) is 0 Å². The average molecular weight is 376 g/mol. The molecule has 0 saturated carbocycles. The lowest BCUT2D eigenvalue weighted by Crippen LogP contribution is -2.37. The van der Waals surface area contributed by atoms with Crippen LogP contribution in [0, 0.1) is 0 Å². The van der Waals surface area contributed by atoms with Gasteiger partial charge < -0.3 is 16.0 Å². The number of anilines is 1. The van der Waals surface area contributed by atoms with E-state index >= 15 is 0 Å². The number of aliphatic imine (C=N–C) groups is 1. The van der Waals surface area contributed by atoms with Crippen LogP contribution in [-0.2, 0) is 0 Å². The van der Waals surface area contributed by atoms with Crippen molar-refractivity contribution in [2.24, 2.45) is 4.99 Å². The van der Waals surface area contributed by atoms with E-state index in [2.05, 4.69) is 46.9 Å². The number of hydrogen-bond donors (Lipinski definition) is 3. The summed E-state index contributed by atoms with van der Waals surface area (Å²) in [7, 11) is 0. The fourth-order valence-corrected chi connectivity index (χ4v) is 1.57. The lowest BCUT2D eigenvalue weighted by Gasteiger charge is -2.09.